The molecule has 0 bridgehead atoms. The molecule has 0 spiro atoms. The Hall–Kier alpha value is -1.61. The van der Waals surface area contributed by atoms with E-state index < -0.39 is 0 Å². The molecule has 0 unspecified atom stereocenters. The minimum absolute atomic E-state index is 0.124. The van der Waals surface area contributed by atoms with E-state index in [9.17, 15) is 4.79 Å². The van der Waals surface area contributed by atoms with Crippen molar-refractivity contribution in [1.29, 1.82) is 0 Å². The summed E-state index contributed by atoms with van der Waals surface area (Å²) in [4.78, 5) is 22.9. The first-order valence-corrected chi connectivity index (χ1v) is 10.7. The third kappa shape index (κ3) is 5.44. The van der Waals surface area contributed by atoms with Crippen molar-refractivity contribution in [1.82, 2.24) is 29.6 Å². The Morgan fingerprint density at radius 3 is 2.35 bits per heavy atom. The molecule has 2 aromatic heterocycles. The van der Waals surface area contributed by atoms with Gasteiger partial charge in [0.2, 0.25) is 5.91 Å². The molecule has 0 radical (unpaired) electrons. The van der Waals surface area contributed by atoms with Gasteiger partial charge in [-0.05, 0) is 40.7 Å². The summed E-state index contributed by atoms with van der Waals surface area (Å²) >= 11 is 2.97. The summed E-state index contributed by atoms with van der Waals surface area (Å²) < 4.78 is 2.04. The van der Waals surface area contributed by atoms with Crippen LogP contribution in [0.25, 0.3) is 0 Å². The lowest BCUT2D eigenvalue weighted by atomic mass is 10.2. The Bertz CT molecular complexity index is 697. The molecule has 2 heterocycles. The molecule has 0 atom stereocenters. The largest absolute Gasteiger partial charge is 0.337 e. The molecule has 0 saturated carbocycles. The molecule has 2 aromatic rings. The quantitative estimate of drug-likeness (QED) is 0.478. The Morgan fingerprint density at radius 1 is 1.12 bits per heavy atom. The highest BCUT2D eigenvalue weighted by molar-refractivity contribution is 7.99. The van der Waals surface area contributed by atoms with Crippen molar-refractivity contribution >= 4 is 29.4 Å². The maximum absolute atomic E-state index is 12.5. The van der Waals surface area contributed by atoms with Gasteiger partial charge in [-0.3, -0.25) is 4.79 Å². The van der Waals surface area contributed by atoms with Crippen LogP contribution in [0, 0.1) is 0 Å². The molecule has 0 saturated heterocycles. The molecular formula is C17H26N6OS2. The maximum Gasteiger partial charge on any atom is 0.233 e. The summed E-state index contributed by atoms with van der Waals surface area (Å²) in [5.74, 6) is 2.00. The summed E-state index contributed by atoms with van der Waals surface area (Å²) in [6, 6.07) is 2.16. The van der Waals surface area contributed by atoms with Gasteiger partial charge in [-0.1, -0.05) is 23.5 Å². The van der Waals surface area contributed by atoms with Crippen LogP contribution in [0.5, 0.6) is 0 Å². The molecule has 0 aliphatic carbocycles. The van der Waals surface area contributed by atoms with Crippen LogP contribution in [-0.4, -0.2) is 53.4 Å². The SMILES string of the molecule is CCn1c(CSc2ncccn2)nnc1SCC(=O)N(C(C)C)C(C)C. The third-order valence-electron chi connectivity index (χ3n) is 3.71. The normalized spacial score (nSPS) is 11.3. The lowest BCUT2D eigenvalue weighted by Crippen LogP contribution is -2.43. The Kier molecular flexibility index (Phi) is 7.89. The fraction of sp³-hybridized carbons (Fsp3) is 0.588. The van der Waals surface area contributed by atoms with Crippen molar-refractivity contribution in [2.24, 2.45) is 0 Å². The maximum atomic E-state index is 12.5. The molecule has 26 heavy (non-hydrogen) atoms. The topological polar surface area (TPSA) is 76.8 Å². The smallest absolute Gasteiger partial charge is 0.233 e. The number of thioether (sulfide) groups is 2. The number of carbonyl (C=O) groups is 1. The highest BCUT2D eigenvalue weighted by Gasteiger charge is 2.21. The average Bonchev–Trinajstić information content (AvgIpc) is 3.00. The van der Waals surface area contributed by atoms with Gasteiger partial charge in [0.05, 0.1) is 11.5 Å². The third-order valence-corrected chi connectivity index (χ3v) is 5.53. The van der Waals surface area contributed by atoms with Crippen LogP contribution in [0.3, 0.4) is 0 Å². The van der Waals surface area contributed by atoms with Crippen molar-refractivity contribution < 1.29 is 4.79 Å². The molecule has 7 nitrogen and oxygen atoms in total. The van der Waals surface area contributed by atoms with E-state index in [1.165, 1.54) is 23.5 Å². The van der Waals surface area contributed by atoms with Crippen LogP contribution in [-0.2, 0) is 17.1 Å². The zero-order chi connectivity index (χ0) is 19.1. The first-order chi connectivity index (χ1) is 12.4. The van der Waals surface area contributed by atoms with Gasteiger partial charge in [0.25, 0.3) is 0 Å². The van der Waals surface area contributed by atoms with E-state index in [2.05, 4.69) is 27.1 Å². The summed E-state index contributed by atoms with van der Waals surface area (Å²) in [6.45, 7) is 11.0. The van der Waals surface area contributed by atoms with E-state index in [1.807, 2.05) is 37.2 Å². The number of hydrogen-bond donors (Lipinski definition) is 0. The second kappa shape index (κ2) is 9.91. The summed E-state index contributed by atoms with van der Waals surface area (Å²) in [7, 11) is 0. The van der Waals surface area contributed by atoms with Crippen molar-refractivity contribution in [3.63, 3.8) is 0 Å². The van der Waals surface area contributed by atoms with Gasteiger partial charge >= 0.3 is 0 Å². The van der Waals surface area contributed by atoms with Gasteiger partial charge in [-0.25, -0.2) is 9.97 Å². The zero-order valence-electron chi connectivity index (χ0n) is 15.9. The average molecular weight is 395 g/mol. The summed E-state index contributed by atoms with van der Waals surface area (Å²) in [5.41, 5.74) is 0. The molecule has 1 amide bonds. The lowest BCUT2D eigenvalue weighted by molar-refractivity contribution is -0.131. The van der Waals surface area contributed by atoms with Crippen molar-refractivity contribution in [2.45, 2.75) is 69.3 Å². The highest BCUT2D eigenvalue weighted by Crippen LogP contribution is 2.23. The molecule has 0 aliphatic rings. The molecule has 2 rings (SSSR count). The van der Waals surface area contributed by atoms with E-state index in [1.54, 1.807) is 18.5 Å². The number of rotatable bonds is 9. The molecule has 0 aliphatic heterocycles. The van der Waals surface area contributed by atoms with Gasteiger partial charge in [0.1, 0.15) is 5.82 Å². The molecule has 9 heteroatoms. The van der Waals surface area contributed by atoms with E-state index in [0.29, 0.717) is 16.7 Å². The Balaban J connectivity index is 2.00. The number of nitrogens with zero attached hydrogens (tertiary/aromatic N) is 6. The first-order valence-electron chi connectivity index (χ1n) is 8.69. The lowest BCUT2D eigenvalue weighted by Gasteiger charge is -2.30. The van der Waals surface area contributed by atoms with Gasteiger partial charge in [0, 0.05) is 31.0 Å². The van der Waals surface area contributed by atoms with Crippen LogP contribution in [0.15, 0.2) is 28.8 Å². The molecule has 142 valence electrons. The second-order valence-electron chi connectivity index (χ2n) is 6.24. The fourth-order valence-electron chi connectivity index (χ4n) is 2.71. The van der Waals surface area contributed by atoms with E-state index in [0.717, 1.165) is 17.5 Å². The van der Waals surface area contributed by atoms with Gasteiger partial charge in [-0.2, -0.15) is 0 Å². The second-order valence-corrected chi connectivity index (χ2v) is 8.13. The monoisotopic (exact) mass is 394 g/mol. The standard InChI is InChI=1S/C17H26N6OS2/c1-6-22-14(10-25-16-18-8-7-9-19-16)20-21-17(22)26-11-15(24)23(12(2)3)13(4)5/h7-9,12-13H,6,10-11H2,1-5H3. The van der Waals surface area contributed by atoms with Crippen molar-refractivity contribution in [3.05, 3.63) is 24.3 Å². The van der Waals surface area contributed by atoms with Crippen molar-refractivity contribution in [2.75, 3.05) is 5.75 Å². The van der Waals surface area contributed by atoms with E-state index in [4.69, 9.17) is 0 Å². The number of amides is 1. The van der Waals surface area contributed by atoms with E-state index in [-0.39, 0.29) is 18.0 Å². The fourth-order valence-corrected chi connectivity index (χ4v) is 4.35. The predicted octanol–water partition coefficient (Wildman–Crippen LogP) is 3.12. The molecule has 0 N–H and O–H groups in total. The highest BCUT2D eigenvalue weighted by atomic mass is 32.2. The molecule has 0 aromatic carbocycles. The van der Waals surface area contributed by atoms with Gasteiger partial charge in [0.15, 0.2) is 10.3 Å². The zero-order valence-corrected chi connectivity index (χ0v) is 17.5. The van der Waals surface area contributed by atoms with Crippen LogP contribution < -0.4 is 0 Å². The minimum atomic E-state index is 0.124. The van der Waals surface area contributed by atoms with Crippen LogP contribution in [0.1, 0.15) is 40.4 Å². The Labute approximate surface area is 163 Å². The minimum Gasteiger partial charge on any atom is -0.337 e. The number of carbonyl (C=O) groups excluding carboxylic acids is 1. The van der Waals surface area contributed by atoms with Gasteiger partial charge in [-0.15, -0.1) is 10.2 Å². The van der Waals surface area contributed by atoms with Crippen LogP contribution >= 0.6 is 23.5 Å². The first kappa shape index (κ1) is 20.7. The molecule has 0 fully saturated rings. The summed E-state index contributed by atoms with van der Waals surface area (Å²) in [6.07, 6.45) is 3.45. The Morgan fingerprint density at radius 2 is 1.77 bits per heavy atom. The molecular weight excluding hydrogens is 368 g/mol. The number of hydrogen-bond acceptors (Lipinski definition) is 7. The van der Waals surface area contributed by atoms with Crippen molar-refractivity contribution in [3.8, 4) is 0 Å². The summed E-state index contributed by atoms with van der Waals surface area (Å²) in [5, 5.41) is 10.0. The van der Waals surface area contributed by atoms with Gasteiger partial charge < -0.3 is 9.47 Å². The van der Waals surface area contributed by atoms with E-state index >= 15 is 0 Å². The number of aromatic nitrogens is 5. The van der Waals surface area contributed by atoms with Crippen LogP contribution in [0.4, 0.5) is 0 Å². The predicted molar refractivity (Wildman–Crippen MR) is 105 cm³/mol. The van der Waals surface area contributed by atoms with Crippen LogP contribution in [0.2, 0.25) is 0 Å².